The highest BCUT2D eigenvalue weighted by molar-refractivity contribution is 5.59. The van der Waals surface area contributed by atoms with Gasteiger partial charge in [-0.25, -0.2) is 0 Å². The van der Waals surface area contributed by atoms with Crippen LogP contribution in [-0.2, 0) is 16.1 Å². The van der Waals surface area contributed by atoms with E-state index in [1.165, 1.54) is 0 Å². The van der Waals surface area contributed by atoms with Gasteiger partial charge in [0.25, 0.3) is 0 Å². The molecule has 5 atom stereocenters. The molecule has 0 bridgehead atoms. The summed E-state index contributed by atoms with van der Waals surface area (Å²) in [7, 11) is 0. The molecule has 31 heavy (non-hydrogen) atoms. The van der Waals surface area contributed by atoms with Crippen LogP contribution in [0, 0.1) is 0 Å². The van der Waals surface area contributed by atoms with E-state index in [1.54, 1.807) is 6.07 Å². The minimum Gasteiger partial charge on any atom is -0.460 e. The van der Waals surface area contributed by atoms with Gasteiger partial charge in [-0.15, -0.1) is 0 Å². The summed E-state index contributed by atoms with van der Waals surface area (Å²) in [6.45, 7) is 12.2. The van der Waals surface area contributed by atoms with Crippen LogP contribution in [0.2, 0.25) is 0 Å². The van der Waals surface area contributed by atoms with Crippen molar-refractivity contribution >= 4 is 5.69 Å². The Morgan fingerprint density at radius 2 is 1.71 bits per heavy atom. The maximum Gasteiger partial charge on any atom is 0.229 e. The Morgan fingerprint density at radius 1 is 1.03 bits per heavy atom. The highest BCUT2D eigenvalue weighted by Gasteiger charge is 2.45. The van der Waals surface area contributed by atoms with Crippen LogP contribution in [0.3, 0.4) is 0 Å². The van der Waals surface area contributed by atoms with Gasteiger partial charge in [0.1, 0.15) is 30.2 Å². The number of rotatable bonds is 9. The second-order valence-electron chi connectivity index (χ2n) is 9.82. The Hall–Kier alpha value is -1.42. The molecule has 8 nitrogen and oxygen atoms in total. The number of ether oxygens (including phenoxy) is 3. The highest BCUT2D eigenvalue weighted by Crippen LogP contribution is 2.33. The molecule has 2 rings (SSSR count). The van der Waals surface area contributed by atoms with Crippen molar-refractivity contribution in [3.63, 3.8) is 0 Å². The molecule has 1 aromatic rings. The van der Waals surface area contributed by atoms with Gasteiger partial charge in [0.05, 0.1) is 24.5 Å². The van der Waals surface area contributed by atoms with Gasteiger partial charge in [-0.3, -0.25) is 0 Å². The second kappa shape index (κ2) is 10.5. The van der Waals surface area contributed by atoms with Crippen molar-refractivity contribution in [1.82, 2.24) is 0 Å². The summed E-state index contributed by atoms with van der Waals surface area (Å²) in [4.78, 5) is 0. The number of hydrogen-bond acceptors (Lipinski definition) is 8. The van der Waals surface area contributed by atoms with E-state index in [2.05, 4.69) is 26.1 Å². The van der Waals surface area contributed by atoms with Crippen molar-refractivity contribution in [2.45, 2.75) is 103 Å². The van der Waals surface area contributed by atoms with Crippen LogP contribution in [0.1, 0.15) is 59.9 Å². The fraction of sp³-hybridized carbons (Fsp3) is 0.739. The van der Waals surface area contributed by atoms with Crippen molar-refractivity contribution < 1.29 is 34.6 Å². The number of aliphatic hydroxyl groups is 4. The minimum absolute atomic E-state index is 0.224. The molecule has 1 heterocycles. The molecule has 1 fully saturated rings. The maximum atomic E-state index is 10.3. The molecule has 5 N–H and O–H groups in total. The molecule has 1 aliphatic rings. The molecule has 0 aliphatic carbocycles. The van der Waals surface area contributed by atoms with Crippen molar-refractivity contribution in [1.29, 1.82) is 0 Å². The summed E-state index contributed by atoms with van der Waals surface area (Å²) in [6.07, 6.45) is -4.69. The van der Waals surface area contributed by atoms with Gasteiger partial charge in [0.2, 0.25) is 6.29 Å². The van der Waals surface area contributed by atoms with Crippen LogP contribution in [-0.4, -0.2) is 68.9 Å². The van der Waals surface area contributed by atoms with Crippen molar-refractivity contribution in [3.8, 4) is 5.75 Å². The van der Waals surface area contributed by atoms with E-state index in [1.807, 2.05) is 32.9 Å². The molecule has 1 aliphatic heterocycles. The van der Waals surface area contributed by atoms with Gasteiger partial charge in [-0.1, -0.05) is 19.4 Å². The van der Waals surface area contributed by atoms with Gasteiger partial charge in [-0.05, 0) is 58.7 Å². The first kappa shape index (κ1) is 25.8. The van der Waals surface area contributed by atoms with Crippen LogP contribution in [0.25, 0.3) is 0 Å². The first-order valence-electron chi connectivity index (χ1n) is 10.9. The lowest BCUT2D eigenvalue weighted by molar-refractivity contribution is -0.277. The molecule has 0 amide bonds. The Labute approximate surface area is 185 Å². The lowest BCUT2D eigenvalue weighted by atomic mass is 9.99. The topological polar surface area (TPSA) is 121 Å². The van der Waals surface area contributed by atoms with E-state index < -0.39 is 37.3 Å². The van der Waals surface area contributed by atoms with Crippen LogP contribution in [0.5, 0.6) is 5.75 Å². The second-order valence-corrected chi connectivity index (χ2v) is 9.82. The number of hydrogen-bond donors (Lipinski definition) is 5. The van der Waals surface area contributed by atoms with E-state index in [-0.39, 0.29) is 11.1 Å². The molecule has 8 heteroatoms. The van der Waals surface area contributed by atoms with E-state index in [0.717, 1.165) is 18.4 Å². The standard InChI is InChI=1S/C23H39NO7/c1-7-10-23(5,6)29-13-14-8-9-16(15(11-14)24-22(2,3)4)30-21-20(28)19(27)18(26)17(12-25)31-21/h8-9,11,17-21,24-28H,7,10,12-13H2,1-6H3. The average molecular weight is 442 g/mol. The van der Waals surface area contributed by atoms with Crippen molar-refractivity contribution in [3.05, 3.63) is 23.8 Å². The smallest absolute Gasteiger partial charge is 0.229 e. The predicted octanol–water partition coefficient (Wildman–Crippen LogP) is 2.17. The predicted molar refractivity (Wildman–Crippen MR) is 118 cm³/mol. The fourth-order valence-electron chi connectivity index (χ4n) is 3.51. The van der Waals surface area contributed by atoms with Gasteiger partial charge >= 0.3 is 0 Å². The summed E-state index contributed by atoms with van der Waals surface area (Å²) in [5.41, 5.74) is 1.14. The molecule has 0 radical (unpaired) electrons. The largest absolute Gasteiger partial charge is 0.460 e. The summed E-state index contributed by atoms with van der Waals surface area (Å²) in [6, 6.07) is 5.54. The molecule has 0 spiro atoms. The van der Waals surface area contributed by atoms with Gasteiger partial charge < -0.3 is 40.0 Å². The Bertz CT molecular complexity index is 702. The van der Waals surface area contributed by atoms with Crippen molar-refractivity contribution in [2.24, 2.45) is 0 Å². The van der Waals surface area contributed by atoms with Crippen molar-refractivity contribution in [2.75, 3.05) is 11.9 Å². The molecular formula is C23H39NO7. The van der Waals surface area contributed by atoms with Gasteiger partial charge in [0, 0.05) is 5.54 Å². The fourth-order valence-corrected chi connectivity index (χ4v) is 3.51. The third-order valence-electron chi connectivity index (χ3n) is 5.13. The van der Waals surface area contributed by atoms with E-state index >= 15 is 0 Å². The van der Waals surface area contributed by atoms with Crippen LogP contribution in [0.4, 0.5) is 5.69 Å². The monoisotopic (exact) mass is 441 g/mol. The van der Waals surface area contributed by atoms with Crippen LogP contribution < -0.4 is 10.1 Å². The first-order chi connectivity index (χ1) is 14.4. The summed E-state index contributed by atoms with van der Waals surface area (Å²) in [5.74, 6) is 0.413. The SMILES string of the molecule is CCCC(C)(C)OCc1ccc(OC2OC(CO)C(O)C(O)C2O)c(NC(C)(C)C)c1. The van der Waals surface area contributed by atoms with Crippen LogP contribution in [0.15, 0.2) is 18.2 Å². The first-order valence-corrected chi connectivity index (χ1v) is 10.9. The number of aliphatic hydroxyl groups excluding tert-OH is 4. The van der Waals surface area contributed by atoms with E-state index in [4.69, 9.17) is 14.2 Å². The number of benzene rings is 1. The zero-order valence-corrected chi connectivity index (χ0v) is 19.5. The maximum absolute atomic E-state index is 10.3. The zero-order chi connectivity index (χ0) is 23.4. The minimum atomic E-state index is -1.50. The third kappa shape index (κ3) is 7.30. The molecular weight excluding hydrogens is 402 g/mol. The van der Waals surface area contributed by atoms with E-state index in [9.17, 15) is 20.4 Å². The summed E-state index contributed by atoms with van der Waals surface area (Å²) in [5, 5.41) is 43.1. The lowest BCUT2D eigenvalue weighted by Crippen LogP contribution is -2.60. The number of anilines is 1. The quantitative estimate of drug-likeness (QED) is 0.395. The molecule has 5 unspecified atom stereocenters. The van der Waals surface area contributed by atoms with Crippen LogP contribution >= 0.6 is 0 Å². The Morgan fingerprint density at radius 3 is 2.29 bits per heavy atom. The van der Waals surface area contributed by atoms with E-state index in [0.29, 0.717) is 18.0 Å². The van der Waals surface area contributed by atoms with Gasteiger partial charge in [-0.2, -0.15) is 0 Å². The lowest BCUT2D eigenvalue weighted by Gasteiger charge is -2.40. The van der Waals surface area contributed by atoms with Gasteiger partial charge in [0.15, 0.2) is 0 Å². The molecule has 1 saturated heterocycles. The Balaban J connectivity index is 2.23. The number of nitrogens with one attached hydrogen (secondary N) is 1. The normalized spacial score (nSPS) is 27.2. The third-order valence-corrected chi connectivity index (χ3v) is 5.13. The molecule has 178 valence electrons. The molecule has 0 aromatic heterocycles. The zero-order valence-electron chi connectivity index (χ0n) is 19.5. The average Bonchev–Trinajstić information content (AvgIpc) is 2.67. The Kier molecular flexibility index (Phi) is 8.72. The highest BCUT2D eigenvalue weighted by atomic mass is 16.7. The summed E-state index contributed by atoms with van der Waals surface area (Å²) < 4.78 is 17.4. The molecule has 0 saturated carbocycles. The molecule has 1 aromatic carbocycles. The summed E-state index contributed by atoms with van der Waals surface area (Å²) >= 11 is 0.